The molecule has 0 aromatic heterocycles. The standard InChI is InChI=1S/C14H13N/c1-3-7-12(8-4-1)14(11-15-14)13-9-5-2-6-10-13/h1-10,15H,11H2. The van der Waals surface area contributed by atoms with Crippen LogP contribution in [0, 0.1) is 0 Å². The zero-order valence-corrected chi connectivity index (χ0v) is 8.48. The third kappa shape index (κ3) is 1.36. The fraction of sp³-hybridized carbons (Fsp3) is 0.143. The second kappa shape index (κ2) is 3.21. The maximum Gasteiger partial charge on any atom is 0.0818 e. The van der Waals surface area contributed by atoms with E-state index in [1.54, 1.807) is 0 Å². The Balaban J connectivity index is 2.06. The van der Waals surface area contributed by atoms with Crippen LogP contribution in [0.5, 0.6) is 0 Å². The van der Waals surface area contributed by atoms with Crippen molar-refractivity contribution in [3.8, 4) is 0 Å². The molecule has 1 aliphatic rings. The van der Waals surface area contributed by atoms with Gasteiger partial charge in [0, 0.05) is 6.54 Å². The Kier molecular flexibility index (Phi) is 1.86. The summed E-state index contributed by atoms with van der Waals surface area (Å²) in [7, 11) is 0. The Bertz CT molecular complexity index is 402. The molecule has 1 fully saturated rings. The van der Waals surface area contributed by atoms with Gasteiger partial charge in [-0.3, -0.25) is 0 Å². The first kappa shape index (κ1) is 8.69. The van der Waals surface area contributed by atoms with Gasteiger partial charge >= 0.3 is 0 Å². The van der Waals surface area contributed by atoms with Crippen molar-refractivity contribution in [1.29, 1.82) is 0 Å². The molecule has 74 valence electrons. The molecule has 0 spiro atoms. The lowest BCUT2D eigenvalue weighted by atomic mass is 9.91. The fourth-order valence-corrected chi connectivity index (χ4v) is 2.11. The maximum atomic E-state index is 3.48. The highest BCUT2D eigenvalue weighted by Gasteiger charge is 2.44. The summed E-state index contributed by atoms with van der Waals surface area (Å²) in [5.41, 5.74) is 2.80. The van der Waals surface area contributed by atoms with Crippen LogP contribution in [0.4, 0.5) is 0 Å². The van der Waals surface area contributed by atoms with E-state index in [0.29, 0.717) is 0 Å². The molecular weight excluding hydrogens is 182 g/mol. The van der Waals surface area contributed by atoms with Crippen LogP contribution < -0.4 is 5.32 Å². The number of rotatable bonds is 2. The fourth-order valence-electron chi connectivity index (χ4n) is 2.11. The van der Waals surface area contributed by atoms with E-state index >= 15 is 0 Å². The molecule has 2 aromatic carbocycles. The monoisotopic (exact) mass is 195 g/mol. The molecule has 1 nitrogen and oxygen atoms in total. The summed E-state index contributed by atoms with van der Waals surface area (Å²) in [4.78, 5) is 0. The highest BCUT2D eigenvalue weighted by Crippen LogP contribution is 2.37. The summed E-state index contributed by atoms with van der Waals surface area (Å²) >= 11 is 0. The lowest BCUT2D eigenvalue weighted by Crippen LogP contribution is -2.14. The van der Waals surface area contributed by atoms with E-state index in [2.05, 4.69) is 66.0 Å². The predicted molar refractivity (Wildman–Crippen MR) is 61.7 cm³/mol. The number of hydrogen-bond donors (Lipinski definition) is 1. The largest absolute Gasteiger partial charge is 0.300 e. The van der Waals surface area contributed by atoms with Gasteiger partial charge in [-0.05, 0) is 11.1 Å². The highest BCUT2D eigenvalue weighted by molar-refractivity contribution is 5.44. The van der Waals surface area contributed by atoms with Crippen LogP contribution >= 0.6 is 0 Å². The van der Waals surface area contributed by atoms with Crippen LogP contribution in [0.25, 0.3) is 0 Å². The number of hydrogen-bond acceptors (Lipinski definition) is 1. The van der Waals surface area contributed by atoms with Crippen LogP contribution in [0.3, 0.4) is 0 Å². The molecule has 0 amide bonds. The molecule has 15 heavy (non-hydrogen) atoms. The maximum absolute atomic E-state index is 3.48. The van der Waals surface area contributed by atoms with Crippen molar-refractivity contribution in [3.63, 3.8) is 0 Å². The van der Waals surface area contributed by atoms with Gasteiger partial charge in [0.2, 0.25) is 0 Å². The van der Waals surface area contributed by atoms with Gasteiger partial charge in [-0.2, -0.15) is 0 Å². The first-order valence-electron chi connectivity index (χ1n) is 5.28. The van der Waals surface area contributed by atoms with Crippen LogP contribution in [-0.4, -0.2) is 6.54 Å². The van der Waals surface area contributed by atoms with Crippen molar-refractivity contribution >= 4 is 0 Å². The van der Waals surface area contributed by atoms with E-state index in [1.807, 2.05) is 0 Å². The van der Waals surface area contributed by atoms with Crippen molar-refractivity contribution in [1.82, 2.24) is 5.32 Å². The van der Waals surface area contributed by atoms with Crippen molar-refractivity contribution in [3.05, 3.63) is 71.8 Å². The van der Waals surface area contributed by atoms with Crippen LogP contribution in [0.15, 0.2) is 60.7 Å². The highest BCUT2D eigenvalue weighted by atomic mass is 15.2. The van der Waals surface area contributed by atoms with Crippen molar-refractivity contribution in [2.75, 3.05) is 6.54 Å². The molecule has 1 heteroatoms. The van der Waals surface area contributed by atoms with Gasteiger partial charge in [-0.15, -0.1) is 0 Å². The van der Waals surface area contributed by atoms with Gasteiger partial charge < -0.3 is 5.32 Å². The van der Waals surface area contributed by atoms with E-state index in [4.69, 9.17) is 0 Å². The van der Waals surface area contributed by atoms with Crippen LogP contribution in [0.2, 0.25) is 0 Å². The molecule has 1 N–H and O–H groups in total. The van der Waals surface area contributed by atoms with E-state index < -0.39 is 0 Å². The molecule has 1 heterocycles. The third-order valence-corrected chi connectivity index (χ3v) is 3.06. The van der Waals surface area contributed by atoms with Gasteiger partial charge in [0.1, 0.15) is 0 Å². The molecular formula is C14H13N. The van der Waals surface area contributed by atoms with Crippen LogP contribution in [-0.2, 0) is 5.54 Å². The molecule has 0 radical (unpaired) electrons. The third-order valence-electron chi connectivity index (χ3n) is 3.06. The average molecular weight is 195 g/mol. The number of benzene rings is 2. The Labute approximate surface area is 89.8 Å². The molecule has 0 atom stereocenters. The molecule has 1 saturated heterocycles. The Morgan fingerprint density at radius 3 is 1.47 bits per heavy atom. The molecule has 1 aliphatic heterocycles. The summed E-state index contributed by atoms with van der Waals surface area (Å²) in [6.07, 6.45) is 0. The minimum Gasteiger partial charge on any atom is -0.300 e. The van der Waals surface area contributed by atoms with E-state index in [1.165, 1.54) is 11.1 Å². The summed E-state index contributed by atoms with van der Waals surface area (Å²) < 4.78 is 0. The summed E-state index contributed by atoms with van der Waals surface area (Å²) in [6.45, 7) is 1.04. The first-order valence-corrected chi connectivity index (χ1v) is 5.28. The lowest BCUT2D eigenvalue weighted by Gasteiger charge is -2.14. The number of nitrogens with one attached hydrogen (secondary N) is 1. The minimum atomic E-state index is 0.0858. The molecule has 0 saturated carbocycles. The second-order valence-corrected chi connectivity index (χ2v) is 3.99. The molecule has 0 unspecified atom stereocenters. The molecule has 3 rings (SSSR count). The normalized spacial score (nSPS) is 17.3. The van der Waals surface area contributed by atoms with Crippen molar-refractivity contribution < 1.29 is 0 Å². The van der Waals surface area contributed by atoms with Gasteiger partial charge in [0.25, 0.3) is 0 Å². The molecule has 2 aromatic rings. The van der Waals surface area contributed by atoms with Crippen molar-refractivity contribution in [2.24, 2.45) is 0 Å². The average Bonchev–Trinajstić information content (AvgIpc) is 3.13. The Hall–Kier alpha value is -1.60. The minimum absolute atomic E-state index is 0.0858. The van der Waals surface area contributed by atoms with Crippen LogP contribution in [0.1, 0.15) is 11.1 Å². The zero-order chi connectivity index (χ0) is 10.1. The quantitative estimate of drug-likeness (QED) is 0.731. The smallest absolute Gasteiger partial charge is 0.0818 e. The first-order chi connectivity index (χ1) is 7.42. The SMILES string of the molecule is c1ccc(C2(c3ccccc3)CN2)cc1. The summed E-state index contributed by atoms with van der Waals surface area (Å²) in [5, 5.41) is 3.48. The van der Waals surface area contributed by atoms with Gasteiger partial charge in [0.05, 0.1) is 5.54 Å². The van der Waals surface area contributed by atoms with Gasteiger partial charge in [-0.1, -0.05) is 60.7 Å². The second-order valence-electron chi connectivity index (χ2n) is 3.99. The van der Waals surface area contributed by atoms with E-state index in [9.17, 15) is 0 Å². The molecule has 0 bridgehead atoms. The summed E-state index contributed by atoms with van der Waals surface area (Å²) in [5.74, 6) is 0. The van der Waals surface area contributed by atoms with E-state index in [0.717, 1.165) is 6.54 Å². The van der Waals surface area contributed by atoms with Crippen molar-refractivity contribution in [2.45, 2.75) is 5.54 Å². The Morgan fingerprint density at radius 1 is 0.733 bits per heavy atom. The topological polar surface area (TPSA) is 21.9 Å². The lowest BCUT2D eigenvalue weighted by molar-refractivity contribution is 0.821. The predicted octanol–water partition coefficient (Wildman–Crippen LogP) is 2.53. The summed E-state index contributed by atoms with van der Waals surface area (Å²) in [6, 6.07) is 21.3. The van der Waals surface area contributed by atoms with Gasteiger partial charge in [-0.25, -0.2) is 0 Å². The molecule has 0 aliphatic carbocycles. The zero-order valence-electron chi connectivity index (χ0n) is 8.48. The van der Waals surface area contributed by atoms with Gasteiger partial charge in [0.15, 0.2) is 0 Å². The van der Waals surface area contributed by atoms with E-state index in [-0.39, 0.29) is 5.54 Å². The Morgan fingerprint density at radius 2 is 1.13 bits per heavy atom.